The van der Waals surface area contributed by atoms with Crippen molar-refractivity contribution in [1.29, 1.82) is 0 Å². The number of aromatic nitrogens is 3. The summed E-state index contributed by atoms with van der Waals surface area (Å²) in [5.41, 5.74) is 0. The molecule has 2 aromatic heterocycles. The Morgan fingerprint density at radius 1 is 1.38 bits per heavy atom. The first-order valence-electron chi connectivity index (χ1n) is 4.96. The fraction of sp³-hybridized carbons (Fsp3) is 0.273. The second kappa shape index (κ2) is 4.99. The second-order valence-electron chi connectivity index (χ2n) is 3.37. The van der Waals surface area contributed by atoms with Crippen LogP contribution in [0.5, 0.6) is 5.75 Å². The molecule has 0 aliphatic rings. The summed E-state index contributed by atoms with van der Waals surface area (Å²) in [5.74, 6) is 1.72. The summed E-state index contributed by atoms with van der Waals surface area (Å²) in [6.45, 7) is 0.578. The summed E-state index contributed by atoms with van der Waals surface area (Å²) in [7, 11) is 1.96. The Morgan fingerprint density at radius 3 is 2.88 bits per heavy atom. The van der Waals surface area contributed by atoms with Gasteiger partial charge in [0.25, 0.3) is 0 Å². The molecule has 0 spiro atoms. The molecule has 16 heavy (non-hydrogen) atoms. The lowest BCUT2D eigenvalue weighted by Crippen LogP contribution is -2.06. The fourth-order valence-electron chi connectivity index (χ4n) is 1.35. The van der Waals surface area contributed by atoms with E-state index in [0.29, 0.717) is 11.8 Å². The smallest absolute Gasteiger partial charge is 0.137 e. The third kappa shape index (κ3) is 2.73. The van der Waals surface area contributed by atoms with Crippen LogP contribution < -0.4 is 4.74 Å². The van der Waals surface area contributed by atoms with Gasteiger partial charge in [-0.3, -0.25) is 0 Å². The molecule has 4 nitrogen and oxygen atoms in total. The molecule has 0 atom stereocenters. The summed E-state index contributed by atoms with van der Waals surface area (Å²) < 4.78 is 7.49. The Balaban J connectivity index is 1.84. The molecule has 0 N–H and O–H groups in total. The van der Waals surface area contributed by atoms with Crippen LogP contribution in [0, 0.1) is 0 Å². The van der Waals surface area contributed by atoms with E-state index in [0.717, 1.165) is 18.0 Å². The van der Waals surface area contributed by atoms with Crippen molar-refractivity contribution in [2.75, 3.05) is 6.61 Å². The minimum atomic E-state index is 0.469. The molecule has 0 fully saturated rings. The molecule has 0 saturated carbocycles. The zero-order chi connectivity index (χ0) is 11.4. The van der Waals surface area contributed by atoms with Crippen molar-refractivity contribution < 1.29 is 4.74 Å². The van der Waals surface area contributed by atoms with E-state index in [2.05, 4.69) is 9.97 Å². The van der Waals surface area contributed by atoms with Gasteiger partial charge in [0, 0.05) is 25.9 Å². The highest BCUT2D eigenvalue weighted by Crippen LogP contribution is 2.12. The first-order valence-corrected chi connectivity index (χ1v) is 5.34. The van der Waals surface area contributed by atoms with Crippen LogP contribution in [0.1, 0.15) is 5.82 Å². The third-order valence-electron chi connectivity index (χ3n) is 2.22. The molecule has 2 heterocycles. The first-order chi connectivity index (χ1) is 7.75. The largest absolute Gasteiger partial charge is 0.492 e. The van der Waals surface area contributed by atoms with Crippen LogP contribution in [0.25, 0.3) is 0 Å². The van der Waals surface area contributed by atoms with E-state index in [-0.39, 0.29) is 0 Å². The number of ether oxygens (including phenoxy) is 1. The molecule has 2 aromatic rings. The summed E-state index contributed by atoms with van der Waals surface area (Å²) in [4.78, 5) is 8.14. The number of rotatable bonds is 4. The molecule has 0 aliphatic carbocycles. The van der Waals surface area contributed by atoms with Gasteiger partial charge in [0.15, 0.2) is 0 Å². The van der Waals surface area contributed by atoms with Gasteiger partial charge in [-0.05, 0) is 12.1 Å². The predicted octanol–water partition coefficient (Wildman–Crippen LogP) is 2.09. The van der Waals surface area contributed by atoms with Gasteiger partial charge in [-0.2, -0.15) is 0 Å². The minimum absolute atomic E-state index is 0.469. The average molecular weight is 238 g/mol. The van der Waals surface area contributed by atoms with Gasteiger partial charge in [0.05, 0.1) is 12.8 Å². The van der Waals surface area contributed by atoms with Crippen molar-refractivity contribution >= 4 is 11.6 Å². The van der Waals surface area contributed by atoms with Gasteiger partial charge in [0.2, 0.25) is 0 Å². The van der Waals surface area contributed by atoms with Gasteiger partial charge in [-0.25, -0.2) is 9.97 Å². The standard InChI is InChI=1S/C11H12ClN3O/c1-15-6-5-13-11(15)4-7-16-9-2-3-10(12)14-8-9/h2-3,5-6,8H,4,7H2,1H3. The summed E-state index contributed by atoms with van der Waals surface area (Å²) in [5, 5.41) is 0.469. The second-order valence-corrected chi connectivity index (χ2v) is 3.76. The number of hydrogen-bond acceptors (Lipinski definition) is 3. The Hall–Kier alpha value is -1.55. The van der Waals surface area contributed by atoms with Gasteiger partial charge in [0.1, 0.15) is 16.7 Å². The van der Waals surface area contributed by atoms with Crippen LogP contribution in [0.4, 0.5) is 0 Å². The zero-order valence-electron chi connectivity index (χ0n) is 8.93. The molecular weight excluding hydrogens is 226 g/mol. The molecule has 0 radical (unpaired) electrons. The quantitative estimate of drug-likeness (QED) is 0.765. The molecule has 2 rings (SSSR count). The fourth-order valence-corrected chi connectivity index (χ4v) is 1.46. The number of pyridine rings is 1. The van der Waals surface area contributed by atoms with E-state index in [1.807, 2.05) is 17.8 Å². The molecule has 84 valence electrons. The normalized spacial score (nSPS) is 10.4. The summed E-state index contributed by atoms with van der Waals surface area (Å²) >= 11 is 5.67. The summed E-state index contributed by atoms with van der Waals surface area (Å²) in [6.07, 6.45) is 6.07. The highest BCUT2D eigenvalue weighted by molar-refractivity contribution is 6.29. The number of imidazole rings is 1. The van der Waals surface area contributed by atoms with Crippen LogP contribution in [0.2, 0.25) is 5.15 Å². The highest BCUT2D eigenvalue weighted by Gasteiger charge is 2.00. The summed E-state index contributed by atoms with van der Waals surface area (Å²) in [6, 6.07) is 3.51. The lowest BCUT2D eigenvalue weighted by atomic mass is 10.4. The van der Waals surface area contributed by atoms with Crippen molar-refractivity contribution in [1.82, 2.24) is 14.5 Å². The van der Waals surface area contributed by atoms with E-state index < -0.39 is 0 Å². The molecule has 5 heteroatoms. The first kappa shape index (κ1) is 11.0. The van der Waals surface area contributed by atoms with E-state index in [4.69, 9.17) is 16.3 Å². The van der Waals surface area contributed by atoms with E-state index in [1.54, 1.807) is 24.5 Å². The highest BCUT2D eigenvalue weighted by atomic mass is 35.5. The molecule has 0 aliphatic heterocycles. The van der Waals surface area contributed by atoms with E-state index in [1.165, 1.54) is 0 Å². The minimum Gasteiger partial charge on any atom is -0.492 e. The number of nitrogens with zero attached hydrogens (tertiary/aromatic N) is 3. The van der Waals surface area contributed by atoms with Crippen molar-refractivity contribution in [3.05, 3.63) is 41.7 Å². The monoisotopic (exact) mass is 237 g/mol. The SMILES string of the molecule is Cn1ccnc1CCOc1ccc(Cl)nc1. The molecular formula is C11H12ClN3O. The van der Waals surface area contributed by atoms with Crippen LogP contribution in [-0.2, 0) is 13.5 Å². The van der Waals surface area contributed by atoms with Crippen LogP contribution in [0.3, 0.4) is 0 Å². The maximum Gasteiger partial charge on any atom is 0.137 e. The molecule has 0 bridgehead atoms. The van der Waals surface area contributed by atoms with E-state index in [9.17, 15) is 0 Å². The van der Waals surface area contributed by atoms with Gasteiger partial charge < -0.3 is 9.30 Å². The molecule has 0 unspecified atom stereocenters. The van der Waals surface area contributed by atoms with Crippen molar-refractivity contribution in [3.63, 3.8) is 0 Å². The Labute approximate surface area is 98.9 Å². The van der Waals surface area contributed by atoms with Crippen molar-refractivity contribution in [2.45, 2.75) is 6.42 Å². The Kier molecular flexibility index (Phi) is 3.41. The van der Waals surface area contributed by atoms with Crippen LogP contribution in [0.15, 0.2) is 30.7 Å². The van der Waals surface area contributed by atoms with Gasteiger partial charge in [-0.15, -0.1) is 0 Å². The van der Waals surface area contributed by atoms with Crippen LogP contribution >= 0.6 is 11.6 Å². The van der Waals surface area contributed by atoms with Crippen LogP contribution in [-0.4, -0.2) is 21.1 Å². The lowest BCUT2D eigenvalue weighted by molar-refractivity contribution is 0.316. The topological polar surface area (TPSA) is 39.9 Å². The maximum absolute atomic E-state index is 5.67. The van der Waals surface area contributed by atoms with Gasteiger partial charge >= 0.3 is 0 Å². The number of hydrogen-bond donors (Lipinski definition) is 0. The third-order valence-corrected chi connectivity index (χ3v) is 2.44. The number of aryl methyl sites for hydroxylation is 1. The molecule has 0 amide bonds. The number of halogens is 1. The lowest BCUT2D eigenvalue weighted by Gasteiger charge is -2.05. The maximum atomic E-state index is 5.67. The average Bonchev–Trinajstić information content (AvgIpc) is 2.68. The predicted molar refractivity (Wildman–Crippen MR) is 61.7 cm³/mol. The Bertz CT molecular complexity index is 453. The Morgan fingerprint density at radius 2 is 2.25 bits per heavy atom. The molecule has 0 aromatic carbocycles. The van der Waals surface area contributed by atoms with Crippen molar-refractivity contribution in [3.8, 4) is 5.75 Å². The molecule has 0 saturated heterocycles. The van der Waals surface area contributed by atoms with E-state index >= 15 is 0 Å². The van der Waals surface area contributed by atoms with Crippen molar-refractivity contribution in [2.24, 2.45) is 7.05 Å². The van der Waals surface area contributed by atoms with Gasteiger partial charge in [-0.1, -0.05) is 11.6 Å². The zero-order valence-corrected chi connectivity index (χ0v) is 9.68.